The highest BCUT2D eigenvalue weighted by molar-refractivity contribution is 5.73. The number of aryl methyl sites for hydroxylation is 1. The zero-order chi connectivity index (χ0) is 14.8. The number of fused-ring (bicyclic) bond motifs is 1. The molecule has 0 radical (unpaired) electrons. The van der Waals surface area contributed by atoms with Gasteiger partial charge in [-0.25, -0.2) is 4.79 Å². The lowest BCUT2D eigenvalue weighted by molar-refractivity contribution is 0.294. The van der Waals surface area contributed by atoms with Gasteiger partial charge in [0.25, 0.3) is 0 Å². The first-order valence-electron chi connectivity index (χ1n) is 6.72. The van der Waals surface area contributed by atoms with Crippen LogP contribution in [0.4, 0.5) is 5.69 Å². The fourth-order valence-electron chi connectivity index (χ4n) is 2.20. The predicted octanol–water partition coefficient (Wildman–Crippen LogP) is 2.56. The zero-order valence-electron chi connectivity index (χ0n) is 11.7. The first-order valence-corrected chi connectivity index (χ1v) is 6.72. The molecule has 1 heterocycles. The van der Waals surface area contributed by atoms with Crippen molar-refractivity contribution in [2.75, 3.05) is 12.3 Å². The van der Waals surface area contributed by atoms with Gasteiger partial charge < -0.3 is 14.9 Å². The Balaban J connectivity index is 1.76. The zero-order valence-corrected chi connectivity index (χ0v) is 11.7. The van der Waals surface area contributed by atoms with Crippen LogP contribution >= 0.6 is 0 Å². The number of hydrogen-bond donors (Lipinski definition) is 1. The normalized spacial score (nSPS) is 10.9. The van der Waals surface area contributed by atoms with Gasteiger partial charge in [0.1, 0.15) is 12.4 Å². The minimum atomic E-state index is -0.364. The van der Waals surface area contributed by atoms with E-state index in [0.29, 0.717) is 24.4 Å². The van der Waals surface area contributed by atoms with Gasteiger partial charge >= 0.3 is 5.76 Å². The van der Waals surface area contributed by atoms with Gasteiger partial charge in [0, 0.05) is 5.69 Å². The molecule has 5 nitrogen and oxygen atoms in total. The van der Waals surface area contributed by atoms with E-state index in [-0.39, 0.29) is 5.76 Å². The molecule has 0 spiro atoms. The Hall–Kier alpha value is -2.69. The number of hydrogen-bond acceptors (Lipinski definition) is 4. The fraction of sp³-hybridized carbons (Fsp3) is 0.188. The second-order valence-corrected chi connectivity index (χ2v) is 4.91. The molecule has 2 aromatic carbocycles. The molecule has 2 N–H and O–H groups in total. The van der Waals surface area contributed by atoms with Gasteiger partial charge in [-0.05, 0) is 48.9 Å². The lowest BCUT2D eigenvalue weighted by Crippen LogP contribution is -2.18. The van der Waals surface area contributed by atoms with Gasteiger partial charge in [-0.1, -0.05) is 6.07 Å². The number of anilines is 1. The van der Waals surface area contributed by atoms with Crippen molar-refractivity contribution in [1.29, 1.82) is 0 Å². The van der Waals surface area contributed by atoms with Crippen molar-refractivity contribution in [2.45, 2.75) is 13.5 Å². The minimum Gasteiger partial charge on any atom is -0.492 e. The Labute approximate surface area is 121 Å². The van der Waals surface area contributed by atoms with E-state index >= 15 is 0 Å². The molecule has 0 unspecified atom stereocenters. The third-order valence-corrected chi connectivity index (χ3v) is 3.29. The van der Waals surface area contributed by atoms with Crippen LogP contribution in [-0.4, -0.2) is 11.2 Å². The van der Waals surface area contributed by atoms with Crippen molar-refractivity contribution in [1.82, 2.24) is 4.57 Å². The first-order chi connectivity index (χ1) is 10.1. The number of oxazole rings is 1. The van der Waals surface area contributed by atoms with Gasteiger partial charge in [0.15, 0.2) is 5.58 Å². The van der Waals surface area contributed by atoms with E-state index in [9.17, 15) is 4.79 Å². The average molecular weight is 284 g/mol. The molecule has 5 heteroatoms. The number of nitrogens with zero attached hydrogens (tertiary/aromatic N) is 1. The maximum Gasteiger partial charge on any atom is 0.420 e. The van der Waals surface area contributed by atoms with Crippen LogP contribution in [0.15, 0.2) is 51.7 Å². The van der Waals surface area contributed by atoms with Gasteiger partial charge in [-0.2, -0.15) is 0 Å². The molecule has 0 aliphatic heterocycles. The quantitative estimate of drug-likeness (QED) is 0.747. The summed E-state index contributed by atoms with van der Waals surface area (Å²) in [5.74, 6) is 0.359. The predicted molar refractivity (Wildman–Crippen MR) is 81.6 cm³/mol. The number of nitrogens with two attached hydrogens (primary N) is 1. The molecule has 3 rings (SSSR count). The molecule has 1 aromatic heterocycles. The summed E-state index contributed by atoms with van der Waals surface area (Å²) in [6.45, 7) is 2.79. The van der Waals surface area contributed by atoms with Crippen molar-refractivity contribution >= 4 is 16.8 Å². The molecule has 0 atom stereocenters. The van der Waals surface area contributed by atoms with Crippen molar-refractivity contribution in [3.8, 4) is 5.75 Å². The second-order valence-electron chi connectivity index (χ2n) is 4.91. The molecule has 0 saturated heterocycles. The summed E-state index contributed by atoms with van der Waals surface area (Å²) in [6, 6.07) is 12.8. The highest BCUT2D eigenvalue weighted by Crippen LogP contribution is 2.16. The molecule has 0 amide bonds. The van der Waals surface area contributed by atoms with Gasteiger partial charge in [-0.15, -0.1) is 0 Å². The monoisotopic (exact) mass is 284 g/mol. The fourth-order valence-corrected chi connectivity index (χ4v) is 2.20. The summed E-state index contributed by atoms with van der Waals surface area (Å²) in [5, 5.41) is 0. The highest BCUT2D eigenvalue weighted by Gasteiger charge is 2.09. The Morgan fingerprint density at radius 1 is 1.19 bits per heavy atom. The molecule has 0 bridgehead atoms. The highest BCUT2D eigenvalue weighted by atomic mass is 16.5. The molecule has 0 fully saturated rings. The number of nitrogen functional groups attached to an aromatic ring is 1. The van der Waals surface area contributed by atoms with Gasteiger partial charge in [0.05, 0.1) is 12.1 Å². The average Bonchev–Trinajstić information content (AvgIpc) is 2.77. The summed E-state index contributed by atoms with van der Waals surface area (Å²) in [4.78, 5) is 11.9. The van der Waals surface area contributed by atoms with Crippen LogP contribution < -0.4 is 16.2 Å². The van der Waals surface area contributed by atoms with Crippen LogP contribution in [0.2, 0.25) is 0 Å². The largest absolute Gasteiger partial charge is 0.492 e. The van der Waals surface area contributed by atoms with Crippen LogP contribution in [0.25, 0.3) is 11.1 Å². The molecule has 0 aliphatic rings. The third-order valence-electron chi connectivity index (χ3n) is 3.29. The number of benzene rings is 2. The second kappa shape index (κ2) is 5.36. The Morgan fingerprint density at radius 2 is 1.95 bits per heavy atom. The standard InChI is InChI=1S/C16H16N2O3/c1-11-2-7-15-14(10-11)18(16(19)21-15)8-9-20-13-5-3-12(17)4-6-13/h2-7,10H,8-9,17H2,1H3. The molecule has 3 aromatic rings. The van der Waals surface area contributed by atoms with Crippen LogP contribution in [0.5, 0.6) is 5.75 Å². The lowest BCUT2D eigenvalue weighted by atomic mass is 10.2. The van der Waals surface area contributed by atoms with E-state index in [1.165, 1.54) is 0 Å². The molecule has 0 saturated carbocycles. The molecule has 108 valence electrons. The van der Waals surface area contributed by atoms with Crippen LogP contribution in [0.1, 0.15) is 5.56 Å². The summed E-state index contributed by atoms with van der Waals surface area (Å²) < 4.78 is 12.4. The minimum absolute atomic E-state index is 0.364. The van der Waals surface area contributed by atoms with E-state index in [2.05, 4.69) is 0 Å². The van der Waals surface area contributed by atoms with Crippen LogP contribution in [0.3, 0.4) is 0 Å². The Kier molecular flexibility index (Phi) is 3.39. The van der Waals surface area contributed by atoms with Crippen molar-refractivity contribution in [3.63, 3.8) is 0 Å². The summed E-state index contributed by atoms with van der Waals surface area (Å²) in [5.41, 5.74) is 8.77. The van der Waals surface area contributed by atoms with Crippen molar-refractivity contribution < 1.29 is 9.15 Å². The summed E-state index contributed by atoms with van der Waals surface area (Å²) in [6.07, 6.45) is 0. The summed E-state index contributed by atoms with van der Waals surface area (Å²) in [7, 11) is 0. The van der Waals surface area contributed by atoms with E-state index in [1.807, 2.05) is 25.1 Å². The molecule has 0 aliphatic carbocycles. The SMILES string of the molecule is Cc1ccc2oc(=O)n(CCOc3ccc(N)cc3)c2c1. The van der Waals surface area contributed by atoms with Crippen molar-refractivity contribution in [3.05, 3.63) is 58.6 Å². The van der Waals surface area contributed by atoms with Crippen LogP contribution in [0, 0.1) is 6.92 Å². The van der Waals surface area contributed by atoms with Crippen molar-refractivity contribution in [2.24, 2.45) is 0 Å². The van der Waals surface area contributed by atoms with E-state index in [0.717, 1.165) is 16.8 Å². The van der Waals surface area contributed by atoms with Gasteiger partial charge in [-0.3, -0.25) is 4.57 Å². The maximum absolute atomic E-state index is 11.9. The third kappa shape index (κ3) is 2.76. The lowest BCUT2D eigenvalue weighted by Gasteiger charge is -2.07. The number of rotatable bonds is 4. The number of ether oxygens (including phenoxy) is 1. The molecule has 21 heavy (non-hydrogen) atoms. The smallest absolute Gasteiger partial charge is 0.420 e. The molecular formula is C16H16N2O3. The topological polar surface area (TPSA) is 70.4 Å². The van der Waals surface area contributed by atoms with E-state index in [4.69, 9.17) is 14.9 Å². The summed E-state index contributed by atoms with van der Waals surface area (Å²) >= 11 is 0. The van der Waals surface area contributed by atoms with Gasteiger partial charge in [0.2, 0.25) is 0 Å². The molecular weight excluding hydrogens is 268 g/mol. The first kappa shape index (κ1) is 13.3. The Bertz CT molecular complexity index is 816. The van der Waals surface area contributed by atoms with E-state index < -0.39 is 0 Å². The Morgan fingerprint density at radius 3 is 2.71 bits per heavy atom. The van der Waals surface area contributed by atoms with E-state index in [1.54, 1.807) is 28.8 Å². The number of aromatic nitrogens is 1. The van der Waals surface area contributed by atoms with Crippen LogP contribution in [-0.2, 0) is 6.54 Å². The maximum atomic E-state index is 11.9.